The van der Waals surface area contributed by atoms with E-state index in [-0.39, 0.29) is 23.4 Å². The number of carbonyl (C=O) groups is 1. The van der Waals surface area contributed by atoms with Crippen molar-refractivity contribution in [2.24, 2.45) is 7.05 Å². The minimum atomic E-state index is -0.355. The Balaban J connectivity index is 1.42. The summed E-state index contributed by atoms with van der Waals surface area (Å²) in [6.45, 7) is 0. The van der Waals surface area contributed by atoms with E-state index < -0.39 is 0 Å². The van der Waals surface area contributed by atoms with Gasteiger partial charge >= 0.3 is 0 Å². The molecule has 33 heavy (non-hydrogen) atoms. The molecule has 0 unspecified atom stereocenters. The molecule has 0 saturated carbocycles. The number of aromatic nitrogens is 5. The predicted octanol–water partition coefficient (Wildman–Crippen LogP) is 3.42. The highest BCUT2D eigenvalue weighted by Gasteiger charge is 2.19. The van der Waals surface area contributed by atoms with Gasteiger partial charge in [0.1, 0.15) is 17.3 Å². The van der Waals surface area contributed by atoms with Crippen molar-refractivity contribution in [2.75, 3.05) is 25.3 Å². The van der Waals surface area contributed by atoms with Gasteiger partial charge in [0.15, 0.2) is 5.16 Å². The number of amides is 1. The highest BCUT2D eigenvalue weighted by molar-refractivity contribution is 7.99. The molecule has 2 aromatic carbocycles. The second-order valence-corrected chi connectivity index (χ2v) is 7.64. The van der Waals surface area contributed by atoms with E-state index in [0.717, 1.165) is 0 Å². The topological polar surface area (TPSA) is 117 Å². The number of carbonyl (C=O) groups excluding carboxylic acids is 1. The van der Waals surface area contributed by atoms with Crippen molar-refractivity contribution < 1.29 is 23.2 Å². The average molecular weight is 470 g/mol. The van der Waals surface area contributed by atoms with E-state index in [2.05, 4.69) is 25.7 Å². The van der Waals surface area contributed by atoms with Crippen LogP contribution >= 0.6 is 11.8 Å². The summed E-state index contributed by atoms with van der Waals surface area (Å²) in [6, 6.07) is 10.8. The normalized spacial score (nSPS) is 10.8. The summed E-state index contributed by atoms with van der Waals surface area (Å²) in [5, 5.41) is 15.4. The van der Waals surface area contributed by atoms with Crippen molar-refractivity contribution in [3.05, 3.63) is 48.3 Å². The fourth-order valence-electron chi connectivity index (χ4n) is 2.88. The Morgan fingerprint density at radius 3 is 2.67 bits per heavy atom. The minimum absolute atomic E-state index is 0.0891. The molecule has 12 heteroatoms. The number of hydrogen-bond acceptors (Lipinski definition) is 9. The molecule has 0 atom stereocenters. The van der Waals surface area contributed by atoms with Gasteiger partial charge in [-0.15, -0.1) is 10.2 Å². The van der Waals surface area contributed by atoms with Crippen LogP contribution in [-0.4, -0.2) is 50.8 Å². The van der Waals surface area contributed by atoms with Crippen molar-refractivity contribution in [2.45, 2.75) is 5.16 Å². The van der Waals surface area contributed by atoms with Crippen LogP contribution in [0.1, 0.15) is 0 Å². The maximum Gasteiger partial charge on any atom is 0.296 e. The molecule has 4 aromatic rings. The van der Waals surface area contributed by atoms with Crippen LogP contribution in [-0.2, 0) is 11.8 Å². The van der Waals surface area contributed by atoms with Crippen molar-refractivity contribution >= 4 is 23.4 Å². The smallest absolute Gasteiger partial charge is 0.296 e. The van der Waals surface area contributed by atoms with Crippen LogP contribution in [0.25, 0.3) is 23.1 Å². The Morgan fingerprint density at radius 2 is 1.94 bits per heavy atom. The lowest BCUT2D eigenvalue weighted by molar-refractivity contribution is -0.113. The zero-order valence-corrected chi connectivity index (χ0v) is 18.7. The molecule has 10 nitrogen and oxygen atoms in total. The van der Waals surface area contributed by atoms with Gasteiger partial charge in [0.05, 0.1) is 25.7 Å². The number of hydrogen-bond donors (Lipinski definition) is 1. The van der Waals surface area contributed by atoms with E-state index in [9.17, 15) is 9.18 Å². The molecule has 4 rings (SSSR count). The Labute approximate surface area is 192 Å². The van der Waals surface area contributed by atoms with E-state index in [1.54, 1.807) is 49.1 Å². The van der Waals surface area contributed by atoms with Gasteiger partial charge in [0.2, 0.25) is 17.6 Å². The Bertz CT molecular complexity index is 1270. The van der Waals surface area contributed by atoms with Crippen LogP contribution in [0.5, 0.6) is 11.5 Å². The van der Waals surface area contributed by atoms with E-state index in [1.165, 1.54) is 31.0 Å². The number of nitrogens with one attached hydrogen (secondary N) is 1. The van der Waals surface area contributed by atoms with E-state index in [0.29, 0.717) is 39.6 Å². The highest BCUT2D eigenvalue weighted by atomic mass is 32.2. The average Bonchev–Trinajstić information content (AvgIpc) is 3.45. The second kappa shape index (κ2) is 9.69. The van der Waals surface area contributed by atoms with Crippen LogP contribution in [0, 0.1) is 5.82 Å². The standard InChI is InChI=1S/C21H19FN6O4S/c1-28-19(20-24-18(27-32-20)12-4-6-13(22)7-5-12)25-26-21(28)33-11-17(29)23-15-9-8-14(30-2)10-16(15)31-3/h4-10H,11H2,1-3H3,(H,23,29). The number of thioether (sulfide) groups is 1. The lowest BCUT2D eigenvalue weighted by Crippen LogP contribution is -2.15. The zero-order chi connectivity index (χ0) is 23.4. The maximum atomic E-state index is 13.1. The van der Waals surface area contributed by atoms with Crippen LogP contribution < -0.4 is 14.8 Å². The summed E-state index contributed by atoms with van der Waals surface area (Å²) in [5.41, 5.74) is 1.13. The molecular formula is C21H19FN6O4S. The van der Waals surface area contributed by atoms with Crippen LogP contribution in [0.15, 0.2) is 52.1 Å². The molecule has 1 amide bonds. The number of anilines is 1. The number of methoxy groups -OCH3 is 2. The molecule has 0 aliphatic heterocycles. The SMILES string of the molecule is COc1ccc(NC(=O)CSc2nnc(-c3nc(-c4ccc(F)cc4)no3)n2C)c(OC)c1. The first kappa shape index (κ1) is 22.3. The van der Waals surface area contributed by atoms with Gasteiger partial charge in [0, 0.05) is 18.7 Å². The van der Waals surface area contributed by atoms with Crippen LogP contribution in [0.3, 0.4) is 0 Å². The molecule has 0 spiro atoms. The molecule has 0 fully saturated rings. The third-order valence-corrected chi connectivity index (χ3v) is 5.59. The third kappa shape index (κ3) is 4.95. The number of ether oxygens (including phenoxy) is 2. The second-order valence-electron chi connectivity index (χ2n) is 6.70. The lowest BCUT2D eigenvalue weighted by atomic mass is 10.2. The van der Waals surface area contributed by atoms with Gasteiger partial charge in [0.25, 0.3) is 5.89 Å². The van der Waals surface area contributed by atoms with Gasteiger partial charge in [-0.2, -0.15) is 4.98 Å². The van der Waals surface area contributed by atoms with Gasteiger partial charge in [-0.3, -0.25) is 4.79 Å². The fraction of sp³-hybridized carbons (Fsp3) is 0.190. The summed E-state index contributed by atoms with van der Waals surface area (Å²) in [5.74, 6) is 1.40. The lowest BCUT2D eigenvalue weighted by Gasteiger charge is -2.11. The number of halogens is 1. The van der Waals surface area contributed by atoms with Gasteiger partial charge in [-0.1, -0.05) is 16.9 Å². The van der Waals surface area contributed by atoms with Crippen molar-refractivity contribution in [3.8, 4) is 34.6 Å². The van der Waals surface area contributed by atoms with Crippen molar-refractivity contribution in [3.63, 3.8) is 0 Å². The molecule has 0 aliphatic carbocycles. The molecule has 0 radical (unpaired) electrons. The van der Waals surface area contributed by atoms with E-state index in [1.807, 2.05) is 0 Å². The highest BCUT2D eigenvalue weighted by Crippen LogP contribution is 2.29. The molecule has 2 aromatic heterocycles. The van der Waals surface area contributed by atoms with E-state index in [4.69, 9.17) is 14.0 Å². The zero-order valence-electron chi connectivity index (χ0n) is 17.9. The summed E-state index contributed by atoms with van der Waals surface area (Å²) >= 11 is 1.20. The quantitative estimate of drug-likeness (QED) is 0.387. The van der Waals surface area contributed by atoms with Crippen LogP contribution in [0.4, 0.5) is 10.1 Å². The minimum Gasteiger partial charge on any atom is -0.497 e. The van der Waals surface area contributed by atoms with Gasteiger partial charge in [-0.05, 0) is 36.4 Å². The molecule has 0 bridgehead atoms. The van der Waals surface area contributed by atoms with Crippen molar-refractivity contribution in [1.29, 1.82) is 0 Å². The number of benzene rings is 2. The Morgan fingerprint density at radius 1 is 1.15 bits per heavy atom. The largest absolute Gasteiger partial charge is 0.497 e. The first-order valence-corrected chi connectivity index (χ1v) is 10.6. The fourth-order valence-corrected chi connectivity index (χ4v) is 3.59. The monoisotopic (exact) mass is 470 g/mol. The summed E-state index contributed by atoms with van der Waals surface area (Å²) < 4.78 is 30.5. The number of nitrogens with zero attached hydrogens (tertiary/aromatic N) is 5. The van der Waals surface area contributed by atoms with Gasteiger partial charge < -0.3 is 23.9 Å². The Hall–Kier alpha value is -3.93. The molecule has 2 heterocycles. The molecule has 0 saturated heterocycles. The first-order valence-electron chi connectivity index (χ1n) is 9.62. The summed E-state index contributed by atoms with van der Waals surface area (Å²) in [4.78, 5) is 16.7. The van der Waals surface area contributed by atoms with E-state index >= 15 is 0 Å². The van der Waals surface area contributed by atoms with Gasteiger partial charge in [-0.25, -0.2) is 4.39 Å². The molecule has 0 aliphatic rings. The predicted molar refractivity (Wildman–Crippen MR) is 119 cm³/mol. The molecule has 170 valence electrons. The maximum absolute atomic E-state index is 13.1. The number of rotatable bonds is 8. The molecular weight excluding hydrogens is 451 g/mol. The summed E-state index contributed by atoms with van der Waals surface area (Å²) in [7, 11) is 4.79. The first-order chi connectivity index (χ1) is 16.0. The third-order valence-electron chi connectivity index (χ3n) is 4.57. The van der Waals surface area contributed by atoms with Crippen LogP contribution in [0.2, 0.25) is 0 Å². The Kier molecular flexibility index (Phi) is 6.54. The summed E-state index contributed by atoms with van der Waals surface area (Å²) in [6.07, 6.45) is 0. The van der Waals surface area contributed by atoms with Crippen molar-refractivity contribution in [1.82, 2.24) is 24.9 Å². The molecule has 1 N–H and O–H groups in total.